The highest BCUT2D eigenvalue weighted by Crippen LogP contribution is 2.42. The number of nitrogens with zero attached hydrogens (tertiary/aromatic N) is 5. The van der Waals surface area contributed by atoms with Crippen LogP contribution < -0.4 is 10.7 Å². The maximum Gasteiger partial charge on any atom is 0.324 e. The van der Waals surface area contributed by atoms with Crippen molar-refractivity contribution >= 4 is 34.6 Å². The van der Waals surface area contributed by atoms with Crippen LogP contribution in [0, 0.1) is 29.1 Å². The molecule has 4 aliphatic heterocycles. The SMILES string of the molecule is CCn1c(-c2cccnc2[C@H](C)OC)c2c3cc(ccc31)-c1cccc(c1)C[C@H](NC(=O)C(COC1CN(C(=O)C#C[C@H]3COCCN3C)C1)C(C)C)C(=O)N1CCC[C@H](N1)C(=O)OCC(C)(C)C2. The number of pyridine rings is 1. The summed E-state index contributed by atoms with van der Waals surface area (Å²) in [6, 6.07) is 17.0. The number of esters is 1. The summed E-state index contributed by atoms with van der Waals surface area (Å²) in [4.78, 5) is 64.4. The van der Waals surface area contributed by atoms with Crippen molar-refractivity contribution in [2.24, 2.45) is 17.3 Å². The van der Waals surface area contributed by atoms with Gasteiger partial charge in [-0.15, -0.1) is 0 Å². The van der Waals surface area contributed by atoms with Crippen LogP contribution in [0.25, 0.3) is 33.3 Å². The topological polar surface area (TPSA) is 157 Å². The van der Waals surface area contributed by atoms with Crippen LogP contribution in [-0.4, -0.2) is 139 Å². The summed E-state index contributed by atoms with van der Waals surface area (Å²) in [5.41, 5.74) is 10.7. The minimum Gasteiger partial charge on any atom is -0.464 e. The zero-order valence-electron chi connectivity index (χ0n) is 41.5. The average Bonchev–Trinajstić information content (AvgIpc) is 3.63. The number of cyclic esters (lactones) is 1. The van der Waals surface area contributed by atoms with E-state index in [4.69, 9.17) is 23.9 Å². The number of aromatic nitrogens is 2. The molecule has 4 aliphatic rings. The molecule has 3 amide bonds. The molecule has 69 heavy (non-hydrogen) atoms. The molecule has 5 atom stereocenters. The third kappa shape index (κ3) is 11.2. The summed E-state index contributed by atoms with van der Waals surface area (Å²) in [6.07, 6.45) is 3.21. The molecule has 8 rings (SSSR count). The highest BCUT2D eigenvalue weighted by atomic mass is 16.5. The maximum absolute atomic E-state index is 14.7. The van der Waals surface area contributed by atoms with Gasteiger partial charge >= 0.3 is 5.97 Å². The Morgan fingerprint density at radius 3 is 2.59 bits per heavy atom. The van der Waals surface area contributed by atoms with Crippen LogP contribution >= 0.6 is 0 Å². The Morgan fingerprint density at radius 1 is 1.04 bits per heavy atom. The number of carbonyl (C=O) groups is 4. The van der Waals surface area contributed by atoms with Gasteiger partial charge in [-0.25, -0.2) is 5.43 Å². The van der Waals surface area contributed by atoms with E-state index in [2.05, 4.69) is 89.2 Å². The van der Waals surface area contributed by atoms with Gasteiger partial charge in [-0.1, -0.05) is 63.9 Å². The molecule has 2 N–H and O–H groups in total. The molecule has 15 nitrogen and oxygen atoms in total. The van der Waals surface area contributed by atoms with Crippen LogP contribution in [0.15, 0.2) is 60.8 Å². The molecule has 0 aliphatic carbocycles. The van der Waals surface area contributed by atoms with Gasteiger partial charge in [-0.05, 0) is 98.5 Å². The van der Waals surface area contributed by atoms with Gasteiger partial charge in [0.05, 0.1) is 62.0 Å². The van der Waals surface area contributed by atoms with Gasteiger partial charge in [0.15, 0.2) is 0 Å². The van der Waals surface area contributed by atoms with Crippen LogP contribution in [0.2, 0.25) is 0 Å². The Labute approximate surface area is 406 Å². The Balaban J connectivity index is 1.08. The largest absolute Gasteiger partial charge is 0.464 e. The highest BCUT2D eigenvalue weighted by molar-refractivity contribution is 5.96. The smallest absolute Gasteiger partial charge is 0.324 e. The van der Waals surface area contributed by atoms with Crippen molar-refractivity contribution in [2.75, 3.05) is 66.8 Å². The molecule has 0 saturated carbocycles. The number of amides is 3. The Kier molecular flexibility index (Phi) is 15.6. The van der Waals surface area contributed by atoms with Crippen LogP contribution in [-0.2, 0) is 57.5 Å². The summed E-state index contributed by atoms with van der Waals surface area (Å²) in [6.45, 7) is 16.3. The molecule has 4 aromatic rings. The van der Waals surface area contributed by atoms with Crippen molar-refractivity contribution in [2.45, 2.75) is 104 Å². The molecule has 368 valence electrons. The van der Waals surface area contributed by atoms with Crippen LogP contribution in [0.5, 0.6) is 0 Å². The van der Waals surface area contributed by atoms with E-state index in [9.17, 15) is 19.2 Å². The maximum atomic E-state index is 14.7. The van der Waals surface area contributed by atoms with Crippen molar-refractivity contribution in [3.8, 4) is 34.2 Å². The monoisotopic (exact) mass is 944 g/mol. The first kappa shape index (κ1) is 49.8. The Morgan fingerprint density at radius 2 is 1.84 bits per heavy atom. The normalized spacial score (nSPS) is 22.2. The molecule has 15 heteroatoms. The molecule has 6 bridgehead atoms. The number of rotatable bonds is 10. The number of methoxy groups -OCH3 is 1. The molecular weight excluding hydrogens is 875 g/mol. The zero-order chi connectivity index (χ0) is 49.0. The predicted molar refractivity (Wildman–Crippen MR) is 263 cm³/mol. The third-order valence-electron chi connectivity index (χ3n) is 14.2. The number of hydrogen-bond acceptors (Lipinski definition) is 11. The summed E-state index contributed by atoms with van der Waals surface area (Å²) in [5.74, 6) is 3.78. The fourth-order valence-electron chi connectivity index (χ4n) is 9.85. The first-order valence-corrected chi connectivity index (χ1v) is 24.6. The summed E-state index contributed by atoms with van der Waals surface area (Å²) in [5, 5.41) is 5.70. The van der Waals surface area contributed by atoms with Gasteiger partial charge in [0, 0.05) is 74.3 Å². The first-order valence-electron chi connectivity index (χ1n) is 24.6. The number of fused-ring (bicyclic) bond motifs is 6. The average molecular weight is 944 g/mol. The summed E-state index contributed by atoms with van der Waals surface area (Å²) < 4.78 is 26.1. The quantitative estimate of drug-likeness (QED) is 0.151. The Bertz CT molecular complexity index is 2590. The molecule has 1 unspecified atom stereocenters. The number of hydrogen-bond donors (Lipinski definition) is 2. The zero-order valence-corrected chi connectivity index (χ0v) is 41.5. The van der Waals surface area contributed by atoms with E-state index in [0.29, 0.717) is 58.7 Å². The number of ether oxygens (including phenoxy) is 4. The molecule has 2 aromatic carbocycles. The van der Waals surface area contributed by atoms with E-state index in [1.165, 1.54) is 5.01 Å². The van der Waals surface area contributed by atoms with Crippen molar-refractivity contribution in [1.82, 2.24) is 35.1 Å². The molecule has 6 heterocycles. The number of likely N-dealkylation sites (N-methyl/N-ethyl adjacent to an activating group) is 1. The number of nitrogens with one attached hydrogen (secondary N) is 2. The fourth-order valence-corrected chi connectivity index (χ4v) is 9.85. The van der Waals surface area contributed by atoms with E-state index < -0.39 is 29.4 Å². The number of likely N-dealkylation sites (tertiary alicyclic amines) is 1. The van der Waals surface area contributed by atoms with E-state index in [0.717, 1.165) is 56.7 Å². The molecular formula is C54H69N7O8. The molecule has 3 saturated heterocycles. The summed E-state index contributed by atoms with van der Waals surface area (Å²) in [7, 11) is 3.67. The minimum absolute atomic E-state index is 0.117. The second-order valence-corrected chi connectivity index (χ2v) is 20.2. The molecule has 0 spiro atoms. The predicted octanol–water partition coefficient (Wildman–Crippen LogP) is 5.58. The van der Waals surface area contributed by atoms with Crippen LogP contribution in [0.4, 0.5) is 0 Å². The van der Waals surface area contributed by atoms with Gasteiger partial charge in [0.1, 0.15) is 12.1 Å². The second kappa shape index (κ2) is 21.6. The molecule has 0 radical (unpaired) electrons. The van der Waals surface area contributed by atoms with E-state index >= 15 is 0 Å². The van der Waals surface area contributed by atoms with Crippen molar-refractivity contribution in [1.29, 1.82) is 0 Å². The van der Waals surface area contributed by atoms with E-state index in [1.54, 1.807) is 18.2 Å². The van der Waals surface area contributed by atoms with Crippen LogP contribution in [0.1, 0.15) is 77.3 Å². The number of morpholine rings is 1. The van der Waals surface area contributed by atoms with Gasteiger partial charge in [-0.2, -0.15) is 0 Å². The minimum atomic E-state index is -0.962. The lowest BCUT2D eigenvalue weighted by Gasteiger charge is -2.38. The lowest BCUT2D eigenvalue weighted by atomic mass is 9.84. The van der Waals surface area contributed by atoms with E-state index in [-0.39, 0.29) is 61.5 Å². The lowest BCUT2D eigenvalue weighted by molar-refractivity contribution is -0.155. The van der Waals surface area contributed by atoms with E-state index in [1.807, 2.05) is 46.0 Å². The first-order chi connectivity index (χ1) is 33.1. The van der Waals surface area contributed by atoms with Gasteiger partial charge in [0.25, 0.3) is 11.8 Å². The van der Waals surface area contributed by atoms with Gasteiger partial charge in [0.2, 0.25) is 5.91 Å². The number of aryl methyl sites for hydroxylation is 1. The van der Waals surface area contributed by atoms with Crippen molar-refractivity contribution in [3.05, 3.63) is 77.6 Å². The number of hydrazine groups is 1. The fraction of sp³-hybridized carbons (Fsp3) is 0.537. The second-order valence-electron chi connectivity index (χ2n) is 20.2. The Hall–Kier alpha value is -5.63. The van der Waals surface area contributed by atoms with Gasteiger partial charge < -0.3 is 33.7 Å². The van der Waals surface area contributed by atoms with Gasteiger partial charge in [-0.3, -0.25) is 34.1 Å². The summed E-state index contributed by atoms with van der Waals surface area (Å²) >= 11 is 0. The molecule has 2 aromatic heterocycles. The van der Waals surface area contributed by atoms with Crippen LogP contribution in [0.3, 0.4) is 0 Å². The number of carbonyl (C=O) groups excluding carboxylic acids is 4. The lowest BCUT2D eigenvalue weighted by Crippen LogP contribution is -2.61. The van der Waals surface area contributed by atoms with Crippen molar-refractivity contribution < 1.29 is 38.1 Å². The molecule has 3 fully saturated rings. The highest BCUT2D eigenvalue weighted by Gasteiger charge is 2.38. The third-order valence-corrected chi connectivity index (χ3v) is 14.2. The standard InChI is InChI=1S/C54H69N7O8/c1-9-60-47-19-17-38-27-42(47)43(50(60)41-15-11-21-55-49(41)35(4)66-8)28-54(5,6)33-69-53(65)45-16-12-22-61(57-45)52(64)46(26-36-13-10-14-37(38)25-36)56-51(63)44(34(2)3)32-68-40-29-59(30-40)48(62)20-18-39-31-67-24-23-58(39)7/h10-11,13-15,17,19,21,25,27,34-35,39-40,44-46,57H,9,12,16,22-24,26,28-33H2,1-8H3,(H,56,63)/t35-,39-,44?,45-,46-/m0/s1. The number of benzene rings is 2. The van der Waals surface area contributed by atoms with Crippen molar-refractivity contribution in [3.63, 3.8) is 0 Å².